The average molecular weight is 300 g/mol. The maximum Gasteiger partial charge on any atom is 0.170 e. The van der Waals surface area contributed by atoms with Crippen molar-refractivity contribution in [1.29, 1.82) is 0 Å². The van der Waals surface area contributed by atoms with Crippen LogP contribution in [0.2, 0.25) is 0 Å². The van der Waals surface area contributed by atoms with Gasteiger partial charge in [-0.3, -0.25) is 4.98 Å². The Kier molecular flexibility index (Phi) is 3.68. The first-order chi connectivity index (χ1) is 10.1. The Morgan fingerprint density at radius 2 is 2.05 bits per heavy atom. The molecule has 5 heteroatoms. The molecule has 0 radical (unpaired) electrons. The van der Waals surface area contributed by atoms with Crippen LogP contribution in [0.5, 0.6) is 0 Å². The van der Waals surface area contributed by atoms with Gasteiger partial charge in [0.25, 0.3) is 0 Å². The molecule has 2 unspecified atom stereocenters. The van der Waals surface area contributed by atoms with Crippen molar-refractivity contribution in [2.45, 2.75) is 32.0 Å². The van der Waals surface area contributed by atoms with Crippen LogP contribution in [0.4, 0.5) is 0 Å². The third-order valence-electron chi connectivity index (χ3n) is 3.98. The molecule has 0 spiro atoms. The molecule has 2 aromatic rings. The number of nitrogens with zero attached hydrogens (tertiary/aromatic N) is 3. The fourth-order valence-electron chi connectivity index (χ4n) is 3.02. The van der Waals surface area contributed by atoms with Crippen molar-refractivity contribution in [3.05, 3.63) is 54.1 Å². The van der Waals surface area contributed by atoms with Gasteiger partial charge in [0.05, 0.1) is 17.8 Å². The zero-order chi connectivity index (χ0) is 15.0. The highest BCUT2D eigenvalue weighted by Gasteiger charge is 2.41. The Hall–Kier alpha value is -1.88. The van der Waals surface area contributed by atoms with E-state index in [4.69, 9.17) is 12.2 Å². The minimum atomic E-state index is 0.0784. The number of nitrogens with one attached hydrogen (secondary N) is 1. The Morgan fingerprint density at radius 3 is 2.62 bits per heavy atom. The molecule has 2 atom stereocenters. The van der Waals surface area contributed by atoms with Crippen LogP contribution in [0.25, 0.3) is 0 Å². The molecule has 0 amide bonds. The molecule has 1 aliphatic rings. The summed E-state index contributed by atoms with van der Waals surface area (Å²) < 4.78 is 2.16. The lowest BCUT2D eigenvalue weighted by Gasteiger charge is -2.31. The van der Waals surface area contributed by atoms with Crippen molar-refractivity contribution in [2.75, 3.05) is 0 Å². The van der Waals surface area contributed by atoms with Crippen molar-refractivity contribution in [3.8, 4) is 0 Å². The van der Waals surface area contributed by atoms with Crippen molar-refractivity contribution in [2.24, 2.45) is 7.05 Å². The number of aromatic nitrogens is 2. The summed E-state index contributed by atoms with van der Waals surface area (Å²) in [7, 11) is 2.07. The first-order valence-corrected chi connectivity index (χ1v) is 7.61. The summed E-state index contributed by atoms with van der Waals surface area (Å²) in [6, 6.07) is 10.8. The van der Waals surface area contributed by atoms with E-state index in [2.05, 4.69) is 65.1 Å². The number of hydrogen-bond acceptors (Lipinski definition) is 2. The summed E-state index contributed by atoms with van der Waals surface area (Å²) in [4.78, 5) is 6.79. The second-order valence-electron chi connectivity index (χ2n) is 5.67. The number of rotatable bonds is 3. The van der Waals surface area contributed by atoms with E-state index in [9.17, 15) is 0 Å². The van der Waals surface area contributed by atoms with E-state index in [1.165, 1.54) is 5.69 Å². The summed E-state index contributed by atoms with van der Waals surface area (Å²) in [5, 5.41) is 4.25. The van der Waals surface area contributed by atoms with E-state index in [1.807, 2.05) is 18.3 Å². The molecular weight excluding hydrogens is 280 g/mol. The molecule has 1 aliphatic heterocycles. The summed E-state index contributed by atoms with van der Waals surface area (Å²) in [5.41, 5.74) is 2.26. The first-order valence-electron chi connectivity index (χ1n) is 7.20. The number of hydrogen-bond donors (Lipinski definition) is 1. The van der Waals surface area contributed by atoms with E-state index in [-0.39, 0.29) is 12.1 Å². The van der Waals surface area contributed by atoms with Gasteiger partial charge in [-0.15, -0.1) is 0 Å². The lowest BCUT2D eigenvalue weighted by Crippen LogP contribution is -2.36. The largest absolute Gasteiger partial charge is 0.353 e. The van der Waals surface area contributed by atoms with Gasteiger partial charge in [-0.1, -0.05) is 6.07 Å². The average Bonchev–Trinajstić information content (AvgIpc) is 3.02. The fraction of sp³-hybridized carbons (Fsp3) is 0.375. The molecule has 3 rings (SSSR count). The topological polar surface area (TPSA) is 33.1 Å². The monoisotopic (exact) mass is 300 g/mol. The Balaban J connectivity index is 2.07. The lowest BCUT2D eigenvalue weighted by molar-refractivity contribution is 0.260. The summed E-state index contributed by atoms with van der Waals surface area (Å²) in [6.45, 7) is 4.34. The van der Waals surface area contributed by atoms with Crippen molar-refractivity contribution >= 4 is 17.3 Å². The van der Waals surface area contributed by atoms with Crippen LogP contribution in [0, 0.1) is 0 Å². The second kappa shape index (κ2) is 5.48. The molecule has 0 bridgehead atoms. The minimum Gasteiger partial charge on any atom is -0.353 e. The van der Waals surface area contributed by atoms with Gasteiger partial charge in [-0.2, -0.15) is 0 Å². The first kappa shape index (κ1) is 14.1. The molecule has 0 aromatic carbocycles. The minimum absolute atomic E-state index is 0.0784. The maximum atomic E-state index is 5.57. The van der Waals surface area contributed by atoms with Crippen LogP contribution in [0.15, 0.2) is 42.7 Å². The van der Waals surface area contributed by atoms with Gasteiger partial charge in [0, 0.05) is 31.2 Å². The van der Waals surface area contributed by atoms with Crippen LogP contribution in [-0.2, 0) is 7.05 Å². The van der Waals surface area contributed by atoms with Gasteiger partial charge in [0.1, 0.15) is 0 Å². The summed E-state index contributed by atoms with van der Waals surface area (Å²) in [5.74, 6) is 0. The van der Waals surface area contributed by atoms with Crippen LogP contribution >= 0.6 is 12.2 Å². The van der Waals surface area contributed by atoms with E-state index in [0.717, 1.165) is 10.8 Å². The normalized spacial score (nSPS) is 21.9. The van der Waals surface area contributed by atoms with Crippen LogP contribution in [0.3, 0.4) is 0 Å². The van der Waals surface area contributed by atoms with Crippen molar-refractivity contribution in [3.63, 3.8) is 0 Å². The highest BCUT2D eigenvalue weighted by atomic mass is 32.1. The second-order valence-corrected chi connectivity index (χ2v) is 6.06. The highest BCUT2D eigenvalue weighted by Crippen LogP contribution is 2.39. The Bertz CT molecular complexity index is 635. The van der Waals surface area contributed by atoms with Gasteiger partial charge in [0.2, 0.25) is 0 Å². The van der Waals surface area contributed by atoms with Gasteiger partial charge >= 0.3 is 0 Å². The van der Waals surface area contributed by atoms with Crippen LogP contribution in [0.1, 0.15) is 37.3 Å². The van der Waals surface area contributed by atoms with E-state index < -0.39 is 0 Å². The van der Waals surface area contributed by atoms with Crippen molar-refractivity contribution in [1.82, 2.24) is 19.8 Å². The molecule has 0 aliphatic carbocycles. The molecule has 4 nitrogen and oxygen atoms in total. The van der Waals surface area contributed by atoms with Gasteiger partial charge in [0.15, 0.2) is 5.11 Å². The Morgan fingerprint density at radius 1 is 1.24 bits per heavy atom. The number of thiocarbonyl (C=S) groups is 1. The van der Waals surface area contributed by atoms with E-state index >= 15 is 0 Å². The maximum absolute atomic E-state index is 5.57. The molecule has 1 fully saturated rings. The quantitative estimate of drug-likeness (QED) is 0.884. The van der Waals surface area contributed by atoms with Crippen molar-refractivity contribution < 1.29 is 0 Å². The van der Waals surface area contributed by atoms with Gasteiger partial charge < -0.3 is 14.8 Å². The summed E-state index contributed by atoms with van der Waals surface area (Å²) in [6.07, 6.45) is 3.91. The van der Waals surface area contributed by atoms with E-state index in [0.29, 0.717) is 6.04 Å². The van der Waals surface area contributed by atoms with E-state index in [1.54, 1.807) is 0 Å². The SMILES string of the molecule is CC(C)N1C(=S)NC(c2ccccn2)C1c1cccn1C. The molecule has 110 valence electrons. The van der Waals surface area contributed by atoms with Gasteiger partial charge in [-0.05, 0) is 50.3 Å². The molecule has 1 saturated heterocycles. The standard InChI is InChI=1S/C16H20N4S/c1-11(2)20-15(13-8-6-10-19(13)3)14(18-16(20)21)12-7-4-5-9-17-12/h4-11,14-15H,1-3H3,(H,18,21). The molecule has 2 aromatic heterocycles. The smallest absolute Gasteiger partial charge is 0.170 e. The number of pyridine rings is 1. The van der Waals surface area contributed by atoms with Crippen LogP contribution in [-0.4, -0.2) is 25.6 Å². The predicted molar refractivity (Wildman–Crippen MR) is 87.8 cm³/mol. The third-order valence-corrected chi connectivity index (χ3v) is 4.31. The molecule has 1 N–H and O–H groups in total. The zero-order valence-corrected chi connectivity index (χ0v) is 13.3. The molecule has 3 heterocycles. The Labute approximate surface area is 130 Å². The lowest BCUT2D eigenvalue weighted by atomic mass is 10.0. The van der Waals surface area contributed by atoms with Gasteiger partial charge in [-0.25, -0.2) is 0 Å². The highest BCUT2D eigenvalue weighted by molar-refractivity contribution is 7.80. The molecular formula is C16H20N4S. The molecule has 0 saturated carbocycles. The zero-order valence-electron chi connectivity index (χ0n) is 12.5. The fourth-order valence-corrected chi connectivity index (χ4v) is 3.47. The van der Waals surface area contributed by atoms with Crippen LogP contribution < -0.4 is 5.32 Å². The number of aryl methyl sites for hydroxylation is 1. The molecule has 21 heavy (non-hydrogen) atoms. The predicted octanol–water partition coefficient (Wildman–Crippen LogP) is 2.80. The summed E-state index contributed by atoms with van der Waals surface area (Å²) >= 11 is 5.57. The third kappa shape index (κ3) is 2.42.